The van der Waals surface area contributed by atoms with E-state index in [4.69, 9.17) is 10.8 Å². The van der Waals surface area contributed by atoms with Crippen LogP contribution < -0.4 is 16.4 Å². The average Bonchev–Trinajstić information content (AvgIpc) is 3.30. The molecule has 6 rings (SSSR count). The summed E-state index contributed by atoms with van der Waals surface area (Å²) in [6.45, 7) is 13.5. The highest BCUT2D eigenvalue weighted by atomic mass is 19.1. The first-order chi connectivity index (χ1) is 31.1. The lowest BCUT2D eigenvalue weighted by molar-refractivity contribution is -0.138. The van der Waals surface area contributed by atoms with E-state index in [1.807, 2.05) is 58.9 Å². The van der Waals surface area contributed by atoms with Gasteiger partial charge in [0, 0.05) is 92.1 Å². The zero-order chi connectivity index (χ0) is 47.5. The van der Waals surface area contributed by atoms with Gasteiger partial charge in [-0.2, -0.15) is 0 Å². The van der Waals surface area contributed by atoms with Crippen molar-refractivity contribution in [1.29, 1.82) is 0 Å². The number of ketones is 3. The predicted octanol–water partition coefficient (Wildman–Crippen LogP) is 7.99. The van der Waals surface area contributed by atoms with Gasteiger partial charge in [-0.05, 0) is 99.7 Å². The molecule has 0 aliphatic rings. The van der Waals surface area contributed by atoms with Gasteiger partial charge in [0.1, 0.15) is 29.1 Å². The number of nitrogens with one attached hydrogen (secondary N) is 2. The lowest BCUT2D eigenvalue weighted by Crippen LogP contribution is -2.14. The van der Waals surface area contributed by atoms with Crippen molar-refractivity contribution < 1.29 is 33.1 Å². The number of aryl methyl sites for hydroxylation is 3. The molecule has 4 aromatic heterocycles. The van der Waals surface area contributed by atoms with Crippen molar-refractivity contribution in [2.24, 2.45) is 5.73 Å². The number of benzene rings is 2. The summed E-state index contributed by atoms with van der Waals surface area (Å²) in [7, 11) is 0. The molecule has 0 fully saturated rings. The first kappa shape index (κ1) is 50.4. The summed E-state index contributed by atoms with van der Waals surface area (Å²) in [6.07, 6.45) is 6.85. The second-order valence-electron chi connectivity index (χ2n) is 15.1. The maximum Gasteiger partial charge on any atom is 0.310 e. The number of anilines is 2. The molecule has 0 spiro atoms. The quantitative estimate of drug-likeness (QED) is 0.0602. The number of Topliss-reactive ketones (excluding diaryl/α,β-unsaturated/α-hetero) is 3. The topological polar surface area (TPSA) is 216 Å². The molecule has 14 nitrogen and oxygen atoms in total. The van der Waals surface area contributed by atoms with Crippen LogP contribution in [0.2, 0.25) is 0 Å². The standard InChI is InChI=1S/C25H27FN4O2.C15H13FN2O3.C9H15N3/c1-4-27-24-19(8-5-16(2)30-24)9-12-22(31)17(3)20-14-28-25(29-15-20)23(32)13-18-6-10-21(26)11-7-18;1-9(15(20)21)11-7-17-14(18-8-11)13(19)6-10-2-4-12(16)5-3-10;1-3-11-9-8(6-10)5-4-7(2)12-9/h5-8,10-11,14-15,17H,4,9,12-13H2,1-3H3,(H,27,30);2-5,7-9H,6H2,1H3,(H,20,21);4-5H,3,6,10H2,1-2H3,(H,11,12). The third-order valence-electron chi connectivity index (χ3n) is 10.0. The van der Waals surface area contributed by atoms with Crippen molar-refractivity contribution in [3.63, 3.8) is 0 Å². The maximum atomic E-state index is 13.0. The molecule has 340 valence electrons. The second-order valence-corrected chi connectivity index (χ2v) is 15.1. The molecule has 0 bridgehead atoms. The van der Waals surface area contributed by atoms with Crippen LogP contribution in [0.25, 0.3) is 0 Å². The molecule has 2 unspecified atom stereocenters. The van der Waals surface area contributed by atoms with Gasteiger partial charge in [-0.3, -0.25) is 19.2 Å². The third-order valence-corrected chi connectivity index (χ3v) is 10.0. The highest BCUT2D eigenvalue weighted by Crippen LogP contribution is 2.21. The number of rotatable bonds is 18. The summed E-state index contributed by atoms with van der Waals surface area (Å²) < 4.78 is 25.8. The van der Waals surface area contributed by atoms with Gasteiger partial charge < -0.3 is 21.5 Å². The van der Waals surface area contributed by atoms with E-state index in [9.17, 15) is 28.0 Å². The predicted molar refractivity (Wildman–Crippen MR) is 245 cm³/mol. The van der Waals surface area contributed by atoms with Crippen LogP contribution in [0.5, 0.6) is 0 Å². The Balaban J connectivity index is 0.000000239. The highest BCUT2D eigenvalue weighted by molar-refractivity contribution is 5.94. The fourth-order valence-corrected chi connectivity index (χ4v) is 6.13. The Hall–Kier alpha value is -7.20. The second kappa shape index (κ2) is 25.2. The number of hydrogen-bond donors (Lipinski definition) is 4. The van der Waals surface area contributed by atoms with Gasteiger partial charge in [0.25, 0.3) is 0 Å². The minimum atomic E-state index is -0.982. The number of hydrogen-bond acceptors (Lipinski definition) is 13. The SMILES string of the molecule is CC(C(=O)O)c1cnc(C(=O)Cc2ccc(F)cc2)nc1.CCNc1nc(C)ccc1CCC(=O)C(C)c1cnc(C(=O)Cc2ccc(F)cc2)nc1.CCNc1nc(C)ccc1CN. The van der Waals surface area contributed by atoms with Crippen molar-refractivity contribution in [2.45, 2.75) is 85.6 Å². The normalized spacial score (nSPS) is 11.5. The smallest absolute Gasteiger partial charge is 0.310 e. The van der Waals surface area contributed by atoms with Crippen LogP contribution in [0.4, 0.5) is 20.4 Å². The summed E-state index contributed by atoms with van der Waals surface area (Å²) >= 11 is 0. The van der Waals surface area contributed by atoms with Gasteiger partial charge in [0.15, 0.2) is 11.6 Å². The molecular weight excluding hydrogens is 833 g/mol. The fourth-order valence-electron chi connectivity index (χ4n) is 6.13. The van der Waals surface area contributed by atoms with Gasteiger partial charge in [0.05, 0.1) is 5.92 Å². The number of carbonyl (C=O) groups is 4. The summed E-state index contributed by atoms with van der Waals surface area (Å²) in [5.41, 5.74) is 12.0. The summed E-state index contributed by atoms with van der Waals surface area (Å²) in [5.74, 6) is -1.47. The summed E-state index contributed by atoms with van der Waals surface area (Å²) in [4.78, 5) is 72.9. The average molecular weight is 888 g/mol. The summed E-state index contributed by atoms with van der Waals surface area (Å²) in [6, 6.07) is 19.3. The van der Waals surface area contributed by atoms with Crippen molar-refractivity contribution in [1.82, 2.24) is 29.9 Å². The molecule has 4 heterocycles. The van der Waals surface area contributed by atoms with Gasteiger partial charge >= 0.3 is 5.97 Å². The van der Waals surface area contributed by atoms with E-state index in [0.29, 0.717) is 41.6 Å². The van der Waals surface area contributed by atoms with Gasteiger partial charge in [0.2, 0.25) is 11.6 Å². The van der Waals surface area contributed by atoms with E-state index in [1.54, 1.807) is 12.1 Å². The van der Waals surface area contributed by atoms with E-state index >= 15 is 0 Å². The van der Waals surface area contributed by atoms with Crippen molar-refractivity contribution in [2.75, 3.05) is 23.7 Å². The molecule has 2 aromatic carbocycles. The van der Waals surface area contributed by atoms with Crippen LogP contribution in [0.15, 0.2) is 97.6 Å². The van der Waals surface area contributed by atoms with Gasteiger partial charge in [-0.15, -0.1) is 0 Å². The zero-order valence-corrected chi connectivity index (χ0v) is 37.4. The molecular formula is C49H55F2N9O5. The molecule has 2 atom stereocenters. The molecule has 0 saturated heterocycles. The summed E-state index contributed by atoms with van der Waals surface area (Å²) in [5, 5.41) is 15.3. The number of nitrogens with two attached hydrogens (primary N) is 1. The van der Waals surface area contributed by atoms with E-state index < -0.39 is 11.9 Å². The maximum absolute atomic E-state index is 13.0. The van der Waals surface area contributed by atoms with Crippen LogP contribution in [0.1, 0.15) is 112 Å². The molecule has 5 N–H and O–H groups in total. The molecule has 6 aromatic rings. The Morgan fingerprint density at radius 3 is 1.42 bits per heavy atom. The number of carbonyl (C=O) groups excluding carboxylic acids is 3. The van der Waals surface area contributed by atoms with Crippen molar-refractivity contribution in [3.8, 4) is 0 Å². The number of nitrogens with zero attached hydrogens (tertiary/aromatic N) is 6. The third kappa shape index (κ3) is 15.8. The fraction of sp³-hybridized carbons (Fsp3) is 0.306. The van der Waals surface area contributed by atoms with Crippen LogP contribution in [0, 0.1) is 25.5 Å². The number of carboxylic acid groups (broad SMARTS) is 1. The van der Waals surface area contributed by atoms with Gasteiger partial charge in [-0.25, -0.2) is 38.7 Å². The minimum Gasteiger partial charge on any atom is -0.481 e. The van der Waals surface area contributed by atoms with Crippen molar-refractivity contribution >= 4 is 35.0 Å². The van der Waals surface area contributed by atoms with Gasteiger partial charge in [-0.1, -0.05) is 43.3 Å². The Bertz CT molecular complexity index is 2510. The molecule has 65 heavy (non-hydrogen) atoms. The Morgan fingerprint density at radius 2 is 1.02 bits per heavy atom. The highest BCUT2D eigenvalue weighted by Gasteiger charge is 2.19. The largest absolute Gasteiger partial charge is 0.481 e. The number of carboxylic acids is 1. The Labute approximate surface area is 377 Å². The number of halogens is 2. The molecule has 16 heteroatoms. The lowest BCUT2D eigenvalue weighted by atomic mass is 9.95. The van der Waals surface area contributed by atoms with E-state index in [2.05, 4.69) is 40.5 Å². The van der Waals surface area contributed by atoms with E-state index in [1.165, 1.54) is 68.1 Å². The number of aliphatic carboxylic acids is 1. The monoisotopic (exact) mass is 887 g/mol. The minimum absolute atomic E-state index is 0.0145. The van der Waals surface area contributed by atoms with Crippen LogP contribution >= 0.6 is 0 Å². The Kier molecular flexibility index (Phi) is 19.5. The molecule has 0 radical (unpaired) electrons. The number of aromatic nitrogens is 6. The molecule has 0 amide bonds. The first-order valence-corrected chi connectivity index (χ1v) is 21.2. The number of pyridine rings is 2. The molecule has 0 aliphatic carbocycles. The molecule has 0 aliphatic heterocycles. The van der Waals surface area contributed by atoms with E-state index in [-0.39, 0.29) is 59.4 Å². The van der Waals surface area contributed by atoms with Crippen LogP contribution in [-0.2, 0) is 35.4 Å². The first-order valence-electron chi connectivity index (χ1n) is 21.2. The van der Waals surface area contributed by atoms with E-state index in [0.717, 1.165) is 47.2 Å². The lowest BCUT2D eigenvalue weighted by Gasteiger charge is -2.13. The van der Waals surface area contributed by atoms with Crippen LogP contribution in [0.3, 0.4) is 0 Å². The van der Waals surface area contributed by atoms with Crippen molar-refractivity contribution in [3.05, 3.63) is 166 Å². The van der Waals surface area contributed by atoms with Crippen LogP contribution in [-0.4, -0.2) is 71.4 Å². The Morgan fingerprint density at radius 1 is 0.615 bits per heavy atom. The zero-order valence-electron chi connectivity index (χ0n) is 37.4. The molecule has 0 saturated carbocycles.